The molecule has 0 spiro atoms. The summed E-state index contributed by atoms with van der Waals surface area (Å²) in [6.07, 6.45) is 2.05. The maximum atomic E-state index is 13.7. The predicted molar refractivity (Wildman–Crippen MR) is 121 cm³/mol. The highest BCUT2D eigenvalue weighted by molar-refractivity contribution is 6.09. The second-order valence-corrected chi connectivity index (χ2v) is 7.36. The Balaban J connectivity index is 2.05. The van der Waals surface area contributed by atoms with Crippen molar-refractivity contribution in [2.75, 3.05) is 44.6 Å². The van der Waals surface area contributed by atoms with Crippen LogP contribution in [0.2, 0.25) is 6.32 Å². The molecule has 9 heteroatoms. The lowest BCUT2D eigenvalue weighted by Gasteiger charge is -2.34. The Hall–Kier alpha value is -2.52. The van der Waals surface area contributed by atoms with Crippen LogP contribution in [0.4, 0.5) is 18.9 Å². The van der Waals surface area contributed by atoms with E-state index in [4.69, 9.17) is 12.6 Å². The summed E-state index contributed by atoms with van der Waals surface area (Å²) >= 11 is 0. The summed E-state index contributed by atoms with van der Waals surface area (Å²) < 4.78 is 46.4. The number of alkyl halides is 3. The molecule has 1 aliphatic rings. The smallest absolute Gasteiger partial charge is 0.416 e. The minimum atomic E-state index is -4.52. The SMILES string of the molecule is [B]C/C=C\C(=C/C=C)OCC(=O)Nc1ccc(CN2CCN(CC)CC2)c(C(F)(F)F)c1. The fourth-order valence-corrected chi connectivity index (χ4v) is 3.36. The molecule has 2 rings (SSSR count). The third-order valence-corrected chi connectivity index (χ3v) is 5.08. The Morgan fingerprint density at radius 3 is 2.53 bits per heavy atom. The van der Waals surface area contributed by atoms with Crippen LogP contribution >= 0.6 is 0 Å². The zero-order chi connectivity index (χ0) is 23.6. The number of carbonyl (C=O) groups is 1. The van der Waals surface area contributed by atoms with E-state index in [-0.39, 0.29) is 24.4 Å². The van der Waals surface area contributed by atoms with Gasteiger partial charge in [-0.25, -0.2) is 0 Å². The van der Waals surface area contributed by atoms with Crippen LogP contribution in [0.15, 0.2) is 54.8 Å². The van der Waals surface area contributed by atoms with Crippen LogP contribution in [0, 0.1) is 0 Å². The van der Waals surface area contributed by atoms with E-state index >= 15 is 0 Å². The second kappa shape index (κ2) is 12.5. The highest BCUT2D eigenvalue weighted by Gasteiger charge is 2.34. The summed E-state index contributed by atoms with van der Waals surface area (Å²) in [7, 11) is 5.39. The predicted octanol–water partition coefficient (Wildman–Crippen LogP) is 4.01. The van der Waals surface area contributed by atoms with E-state index in [9.17, 15) is 18.0 Å². The number of anilines is 1. The number of hydrogen-bond donors (Lipinski definition) is 1. The number of benzene rings is 1. The van der Waals surface area contributed by atoms with Crippen LogP contribution < -0.4 is 5.32 Å². The zero-order valence-corrected chi connectivity index (χ0v) is 18.3. The Morgan fingerprint density at radius 2 is 1.94 bits per heavy atom. The van der Waals surface area contributed by atoms with Crippen LogP contribution in [0.1, 0.15) is 18.1 Å². The van der Waals surface area contributed by atoms with E-state index in [2.05, 4.69) is 23.7 Å². The molecular formula is C23H29BF3N3O2. The summed E-state index contributed by atoms with van der Waals surface area (Å²) in [6, 6.07) is 3.89. The van der Waals surface area contributed by atoms with E-state index in [0.717, 1.165) is 38.8 Å². The highest BCUT2D eigenvalue weighted by atomic mass is 19.4. The molecule has 1 heterocycles. The average Bonchev–Trinajstić information content (AvgIpc) is 2.76. The highest BCUT2D eigenvalue weighted by Crippen LogP contribution is 2.34. The van der Waals surface area contributed by atoms with Crippen LogP contribution in [0.25, 0.3) is 0 Å². The number of nitrogens with one attached hydrogen (secondary N) is 1. The summed E-state index contributed by atoms with van der Waals surface area (Å²) in [6.45, 7) is 9.55. The topological polar surface area (TPSA) is 44.8 Å². The first-order valence-electron chi connectivity index (χ1n) is 10.5. The Labute approximate surface area is 189 Å². The molecule has 0 unspecified atom stereocenters. The van der Waals surface area contributed by atoms with Gasteiger partial charge in [0.05, 0.1) is 13.4 Å². The lowest BCUT2D eigenvalue weighted by Crippen LogP contribution is -2.45. The summed E-state index contributed by atoms with van der Waals surface area (Å²) in [4.78, 5) is 16.5. The maximum Gasteiger partial charge on any atom is 0.416 e. The van der Waals surface area contributed by atoms with Gasteiger partial charge >= 0.3 is 6.18 Å². The maximum absolute atomic E-state index is 13.7. The first kappa shape index (κ1) is 25.7. The van der Waals surface area contributed by atoms with Gasteiger partial charge in [0.15, 0.2) is 6.61 Å². The summed E-state index contributed by atoms with van der Waals surface area (Å²) in [5, 5.41) is 2.47. The summed E-state index contributed by atoms with van der Waals surface area (Å²) in [5.41, 5.74) is -0.482. The molecule has 1 N–H and O–H groups in total. The lowest BCUT2D eigenvalue weighted by atomic mass is 10.0. The van der Waals surface area contributed by atoms with Crippen molar-refractivity contribution in [3.05, 3.63) is 66.0 Å². The minimum absolute atomic E-state index is 0.0669. The van der Waals surface area contributed by atoms with Gasteiger partial charge in [0.2, 0.25) is 0 Å². The van der Waals surface area contributed by atoms with Gasteiger partial charge in [0.25, 0.3) is 5.91 Å². The van der Waals surface area contributed by atoms with Crippen LogP contribution in [0.3, 0.4) is 0 Å². The Kier molecular flexibility index (Phi) is 10.1. The minimum Gasteiger partial charge on any atom is -0.484 e. The van der Waals surface area contributed by atoms with E-state index in [1.165, 1.54) is 18.2 Å². The van der Waals surface area contributed by atoms with Gasteiger partial charge in [-0.2, -0.15) is 13.2 Å². The molecule has 0 atom stereocenters. The van der Waals surface area contributed by atoms with Crippen molar-refractivity contribution in [2.24, 2.45) is 0 Å². The quantitative estimate of drug-likeness (QED) is 0.335. The van der Waals surface area contributed by atoms with E-state index < -0.39 is 17.6 Å². The van der Waals surface area contributed by atoms with Gasteiger partial charge in [-0.05, 0) is 36.4 Å². The van der Waals surface area contributed by atoms with Gasteiger partial charge in [-0.1, -0.05) is 38.0 Å². The van der Waals surface area contributed by atoms with E-state index in [0.29, 0.717) is 12.1 Å². The van der Waals surface area contributed by atoms with E-state index in [1.54, 1.807) is 18.2 Å². The Morgan fingerprint density at radius 1 is 1.25 bits per heavy atom. The molecule has 5 nitrogen and oxygen atoms in total. The third-order valence-electron chi connectivity index (χ3n) is 5.08. The van der Waals surface area contributed by atoms with Gasteiger partial charge in [0, 0.05) is 38.4 Å². The third kappa shape index (κ3) is 8.20. The number of allylic oxidation sites excluding steroid dienone is 4. The van der Waals surface area contributed by atoms with Gasteiger partial charge in [0.1, 0.15) is 5.76 Å². The molecule has 0 bridgehead atoms. The summed E-state index contributed by atoms with van der Waals surface area (Å²) in [5.74, 6) is -0.201. The zero-order valence-electron chi connectivity index (χ0n) is 18.3. The van der Waals surface area contributed by atoms with Crippen molar-refractivity contribution in [1.82, 2.24) is 9.80 Å². The van der Waals surface area contributed by atoms with E-state index in [1.807, 2.05) is 4.90 Å². The lowest BCUT2D eigenvalue weighted by molar-refractivity contribution is -0.138. The van der Waals surface area contributed by atoms with Gasteiger partial charge < -0.3 is 15.0 Å². The molecule has 0 saturated carbocycles. The first-order valence-corrected chi connectivity index (χ1v) is 10.5. The van der Waals surface area contributed by atoms with Crippen molar-refractivity contribution in [2.45, 2.75) is 26.0 Å². The molecule has 1 saturated heterocycles. The number of rotatable bonds is 10. The van der Waals surface area contributed by atoms with Crippen LogP contribution in [-0.4, -0.2) is 62.9 Å². The number of piperazine rings is 1. The van der Waals surface area contributed by atoms with Crippen LogP contribution in [-0.2, 0) is 22.3 Å². The van der Waals surface area contributed by atoms with Crippen molar-refractivity contribution in [3.63, 3.8) is 0 Å². The number of likely N-dealkylation sites (N-methyl/N-ethyl adjacent to an activating group) is 1. The monoisotopic (exact) mass is 447 g/mol. The molecule has 1 amide bonds. The average molecular weight is 447 g/mol. The second-order valence-electron chi connectivity index (χ2n) is 7.36. The molecule has 172 valence electrons. The fourth-order valence-electron chi connectivity index (χ4n) is 3.36. The van der Waals surface area contributed by atoms with Gasteiger partial charge in [-0.3, -0.25) is 9.69 Å². The number of amides is 1. The fraction of sp³-hybridized carbons (Fsp3) is 0.435. The molecule has 32 heavy (non-hydrogen) atoms. The molecule has 1 aromatic carbocycles. The normalized spacial score (nSPS) is 16.3. The van der Waals surface area contributed by atoms with Crippen molar-refractivity contribution >= 4 is 19.4 Å². The molecule has 2 radical (unpaired) electrons. The molecule has 0 aliphatic carbocycles. The van der Waals surface area contributed by atoms with Gasteiger partial charge in [-0.15, -0.1) is 0 Å². The molecule has 1 aliphatic heterocycles. The largest absolute Gasteiger partial charge is 0.484 e. The first-order chi connectivity index (χ1) is 15.3. The number of ether oxygens (including phenoxy) is 1. The molecule has 1 fully saturated rings. The van der Waals surface area contributed by atoms with Crippen molar-refractivity contribution in [3.8, 4) is 0 Å². The number of hydrogen-bond acceptors (Lipinski definition) is 4. The molecule has 0 aromatic heterocycles. The Bertz CT molecular complexity index is 832. The van der Waals surface area contributed by atoms with Crippen LogP contribution in [0.5, 0.6) is 0 Å². The number of nitrogens with zero attached hydrogens (tertiary/aromatic N) is 2. The molecular weight excluding hydrogens is 418 g/mol. The van der Waals surface area contributed by atoms with Crippen molar-refractivity contribution in [1.29, 1.82) is 0 Å². The van der Waals surface area contributed by atoms with Crippen molar-refractivity contribution < 1.29 is 22.7 Å². The standard InChI is InChI=1S/C23H29BF3N3O2/c1-3-6-20(7-5-10-24)32-17-22(31)28-19-9-8-18(21(15-19)23(25,26)27)16-30-13-11-29(4-2)12-14-30/h3,5-9,15H,1,4,10-14,16-17H2,2H3,(H,28,31)/b7-5-,20-6+. The molecule has 1 aromatic rings. The number of halogens is 3. The number of carbonyl (C=O) groups excluding carboxylic acids is 1.